The molecule has 2 aromatic heterocycles. The van der Waals surface area contributed by atoms with Gasteiger partial charge in [0.15, 0.2) is 0 Å². The van der Waals surface area contributed by atoms with Crippen molar-refractivity contribution in [1.82, 2.24) is 14.3 Å². The molecule has 0 saturated carbocycles. The van der Waals surface area contributed by atoms with Crippen LogP contribution < -0.4 is 10.3 Å². The molecule has 1 aromatic carbocycles. The zero-order chi connectivity index (χ0) is 15.5. The maximum atomic E-state index is 11.8. The first-order valence-corrected chi connectivity index (χ1v) is 7.13. The summed E-state index contributed by atoms with van der Waals surface area (Å²) in [5.74, 6) is 0.582. The van der Waals surface area contributed by atoms with E-state index < -0.39 is 0 Å². The van der Waals surface area contributed by atoms with Gasteiger partial charge in [0.2, 0.25) is 0 Å². The summed E-state index contributed by atoms with van der Waals surface area (Å²) >= 11 is 0. The summed E-state index contributed by atoms with van der Waals surface area (Å²) < 4.78 is 8.93. The van der Waals surface area contributed by atoms with Crippen LogP contribution in [0.4, 0.5) is 0 Å². The Morgan fingerprint density at radius 1 is 1.18 bits per heavy atom. The Kier molecular flexibility index (Phi) is 3.78. The lowest BCUT2D eigenvalue weighted by Crippen LogP contribution is -2.15. The van der Waals surface area contributed by atoms with Crippen LogP contribution in [0.25, 0.3) is 16.8 Å². The number of para-hydroxylation sites is 1. The van der Waals surface area contributed by atoms with Crippen LogP contribution in [0.3, 0.4) is 0 Å². The lowest BCUT2D eigenvalue weighted by Gasteiger charge is -2.10. The maximum Gasteiger partial charge on any atom is 0.254 e. The highest BCUT2D eigenvalue weighted by Crippen LogP contribution is 2.28. The minimum Gasteiger partial charge on any atom is -0.493 e. The van der Waals surface area contributed by atoms with Crippen LogP contribution in [-0.4, -0.2) is 21.0 Å². The van der Waals surface area contributed by atoms with Crippen molar-refractivity contribution in [3.05, 3.63) is 65.3 Å². The number of ether oxygens (including phenoxy) is 1. The molecule has 0 aliphatic rings. The van der Waals surface area contributed by atoms with Crippen molar-refractivity contribution in [2.45, 2.75) is 6.92 Å². The van der Waals surface area contributed by atoms with Crippen LogP contribution in [0.1, 0.15) is 6.92 Å². The number of hydrogen-bond donors (Lipinski definition) is 0. The molecular weight excluding hydrogens is 278 g/mol. The second-order valence-corrected chi connectivity index (χ2v) is 4.94. The fourth-order valence-electron chi connectivity index (χ4n) is 2.29. The van der Waals surface area contributed by atoms with E-state index in [-0.39, 0.29) is 5.56 Å². The molecule has 5 heteroatoms. The second-order valence-electron chi connectivity index (χ2n) is 4.94. The van der Waals surface area contributed by atoms with E-state index in [1.807, 2.05) is 43.5 Å². The quantitative estimate of drug-likeness (QED) is 0.743. The number of aryl methyl sites for hydroxylation is 1. The standard InChI is InChI=1S/C17H17N3O2/c1-3-22-16-9-17(21)19(2)12-15(16)13-10-18-20(11-13)14-7-5-4-6-8-14/h4-12H,3H2,1-2H3. The van der Waals surface area contributed by atoms with Gasteiger partial charge < -0.3 is 9.30 Å². The maximum absolute atomic E-state index is 11.8. The summed E-state index contributed by atoms with van der Waals surface area (Å²) in [6.07, 6.45) is 5.48. The average molecular weight is 295 g/mol. The van der Waals surface area contributed by atoms with Crippen LogP contribution in [0, 0.1) is 0 Å². The largest absolute Gasteiger partial charge is 0.493 e. The zero-order valence-corrected chi connectivity index (χ0v) is 12.6. The van der Waals surface area contributed by atoms with E-state index in [0.29, 0.717) is 12.4 Å². The third kappa shape index (κ3) is 2.65. The van der Waals surface area contributed by atoms with E-state index in [1.54, 1.807) is 24.1 Å². The predicted molar refractivity (Wildman–Crippen MR) is 85.4 cm³/mol. The van der Waals surface area contributed by atoms with Gasteiger partial charge in [0.1, 0.15) is 5.75 Å². The van der Waals surface area contributed by atoms with E-state index in [2.05, 4.69) is 5.10 Å². The Balaban J connectivity index is 2.07. The molecule has 0 amide bonds. The SMILES string of the molecule is CCOc1cc(=O)n(C)cc1-c1cnn(-c2ccccc2)c1. The van der Waals surface area contributed by atoms with Crippen LogP contribution in [0.5, 0.6) is 5.75 Å². The molecule has 0 unspecified atom stereocenters. The van der Waals surface area contributed by atoms with Crippen molar-refractivity contribution in [1.29, 1.82) is 0 Å². The first-order chi connectivity index (χ1) is 10.7. The van der Waals surface area contributed by atoms with E-state index >= 15 is 0 Å². The minimum absolute atomic E-state index is 0.0948. The molecule has 0 bridgehead atoms. The van der Waals surface area contributed by atoms with Crippen LogP contribution in [0.2, 0.25) is 0 Å². The molecule has 22 heavy (non-hydrogen) atoms. The number of nitrogens with zero attached hydrogens (tertiary/aromatic N) is 3. The van der Waals surface area contributed by atoms with Crippen molar-refractivity contribution in [2.75, 3.05) is 6.61 Å². The Hall–Kier alpha value is -2.82. The molecule has 0 atom stereocenters. The molecule has 5 nitrogen and oxygen atoms in total. The third-order valence-electron chi connectivity index (χ3n) is 3.40. The number of benzene rings is 1. The summed E-state index contributed by atoms with van der Waals surface area (Å²) in [6, 6.07) is 11.4. The summed E-state index contributed by atoms with van der Waals surface area (Å²) in [5.41, 5.74) is 2.65. The molecular formula is C17H17N3O2. The van der Waals surface area contributed by atoms with Gasteiger partial charge in [-0.15, -0.1) is 0 Å². The van der Waals surface area contributed by atoms with Gasteiger partial charge in [-0.2, -0.15) is 5.10 Å². The van der Waals surface area contributed by atoms with E-state index in [4.69, 9.17) is 4.74 Å². The molecule has 3 rings (SSSR count). The van der Waals surface area contributed by atoms with Crippen molar-refractivity contribution >= 4 is 0 Å². The summed E-state index contributed by atoms with van der Waals surface area (Å²) in [5, 5.41) is 4.39. The van der Waals surface area contributed by atoms with E-state index in [0.717, 1.165) is 16.8 Å². The van der Waals surface area contributed by atoms with Crippen LogP contribution >= 0.6 is 0 Å². The molecule has 0 spiro atoms. The van der Waals surface area contributed by atoms with Crippen molar-refractivity contribution in [2.24, 2.45) is 7.05 Å². The Bertz CT molecular complexity index is 835. The van der Waals surface area contributed by atoms with Gasteiger partial charge in [-0.1, -0.05) is 18.2 Å². The molecule has 0 radical (unpaired) electrons. The van der Waals surface area contributed by atoms with Gasteiger partial charge in [0.25, 0.3) is 5.56 Å². The van der Waals surface area contributed by atoms with Gasteiger partial charge in [0.05, 0.1) is 18.5 Å². The number of hydrogen-bond acceptors (Lipinski definition) is 3. The smallest absolute Gasteiger partial charge is 0.254 e. The Labute approximate surface area is 128 Å². The topological polar surface area (TPSA) is 49.1 Å². The Morgan fingerprint density at radius 2 is 1.95 bits per heavy atom. The highest BCUT2D eigenvalue weighted by molar-refractivity contribution is 5.68. The van der Waals surface area contributed by atoms with E-state index in [1.165, 1.54) is 10.6 Å². The lowest BCUT2D eigenvalue weighted by atomic mass is 10.1. The first-order valence-electron chi connectivity index (χ1n) is 7.13. The fraction of sp³-hybridized carbons (Fsp3) is 0.176. The molecule has 0 fully saturated rings. The van der Waals surface area contributed by atoms with Gasteiger partial charge in [-0.3, -0.25) is 4.79 Å². The molecule has 3 aromatic rings. The highest BCUT2D eigenvalue weighted by atomic mass is 16.5. The van der Waals surface area contributed by atoms with E-state index in [9.17, 15) is 4.79 Å². The minimum atomic E-state index is -0.0948. The Morgan fingerprint density at radius 3 is 2.68 bits per heavy atom. The second kappa shape index (κ2) is 5.89. The normalized spacial score (nSPS) is 10.6. The molecule has 0 aliphatic carbocycles. The zero-order valence-electron chi connectivity index (χ0n) is 12.6. The van der Waals surface area contributed by atoms with Crippen molar-refractivity contribution in [3.8, 4) is 22.6 Å². The number of rotatable bonds is 4. The number of pyridine rings is 1. The molecule has 0 aliphatic heterocycles. The molecule has 0 N–H and O–H groups in total. The monoisotopic (exact) mass is 295 g/mol. The lowest BCUT2D eigenvalue weighted by molar-refractivity contribution is 0.340. The van der Waals surface area contributed by atoms with Gasteiger partial charge in [0, 0.05) is 36.6 Å². The summed E-state index contributed by atoms with van der Waals surface area (Å²) in [7, 11) is 1.73. The average Bonchev–Trinajstić information content (AvgIpc) is 3.01. The number of aromatic nitrogens is 3. The first kappa shape index (κ1) is 14.1. The molecule has 2 heterocycles. The van der Waals surface area contributed by atoms with Gasteiger partial charge in [-0.05, 0) is 19.1 Å². The summed E-state index contributed by atoms with van der Waals surface area (Å²) in [6.45, 7) is 2.40. The summed E-state index contributed by atoms with van der Waals surface area (Å²) in [4.78, 5) is 11.8. The van der Waals surface area contributed by atoms with Crippen molar-refractivity contribution < 1.29 is 4.74 Å². The van der Waals surface area contributed by atoms with Crippen LogP contribution in [-0.2, 0) is 7.05 Å². The fourth-order valence-corrected chi connectivity index (χ4v) is 2.29. The molecule has 0 saturated heterocycles. The third-order valence-corrected chi connectivity index (χ3v) is 3.40. The van der Waals surface area contributed by atoms with Gasteiger partial charge in [-0.25, -0.2) is 4.68 Å². The van der Waals surface area contributed by atoms with Gasteiger partial charge >= 0.3 is 0 Å². The van der Waals surface area contributed by atoms with Crippen LogP contribution in [0.15, 0.2) is 59.8 Å². The highest BCUT2D eigenvalue weighted by Gasteiger charge is 2.11. The predicted octanol–water partition coefficient (Wildman–Crippen LogP) is 2.64. The molecule has 112 valence electrons. The van der Waals surface area contributed by atoms with Crippen molar-refractivity contribution in [3.63, 3.8) is 0 Å².